The van der Waals surface area contributed by atoms with E-state index in [9.17, 15) is 34.2 Å². The van der Waals surface area contributed by atoms with E-state index in [-0.39, 0.29) is 42.0 Å². The number of amides is 5. The number of likely N-dealkylation sites (tertiary alicyclic amines) is 1. The molecule has 7 N–H and O–H groups in total. The van der Waals surface area contributed by atoms with Crippen LogP contribution < -0.4 is 21.7 Å². The lowest BCUT2D eigenvalue weighted by molar-refractivity contribution is -0.270. The number of fused-ring (bicyclic) bond motifs is 2. The summed E-state index contributed by atoms with van der Waals surface area (Å²) in [6.07, 6.45) is 6.03. The Morgan fingerprint density at radius 1 is 1.06 bits per heavy atom. The molecule has 0 spiro atoms. The fraction of sp³-hybridized carbons (Fsp3) is 0.750. The van der Waals surface area contributed by atoms with Crippen molar-refractivity contribution >= 4 is 40.9 Å². The normalized spacial score (nSPS) is 25.9. The summed E-state index contributed by atoms with van der Waals surface area (Å²) in [4.78, 5) is 70.9. The summed E-state index contributed by atoms with van der Waals surface area (Å²) in [6.45, 7) is 12.8. The SMILES string of the molecule is CCCCC(NC(=O)[C@@H]1[C@@H]2[C@H](CN1C(=O)[C@@H](NC(=O)N[C@H](CN1Cc3sccc3C1(O)O)C(C)(C)C)C1CCCCC1)C2(C)C)C(=O)C(N)=O. The van der Waals surface area contributed by atoms with Crippen LogP contribution in [-0.4, -0.2) is 86.8 Å². The second-order valence-electron chi connectivity index (χ2n) is 16.5. The highest BCUT2D eigenvalue weighted by Crippen LogP contribution is 2.65. The zero-order chi connectivity index (χ0) is 36.8. The smallest absolute Gasteiger partial charge is 0.315 e. The summed E-state index contributed by atoms with van der Waals surface area (Å²) in [5.74, 6) is -5.12. The van der Waals surface area contributed by atoms with Gasteiger partial charge in [0, 0.05) is 36.1 Å². The van der Waals surface area contributed by atoms with Gasteiger partial charge in [0.25, 0.3) is 11.8 Å². The molecule has 14 heteroatoms. The van der Waals surface area contributed by atoms with Crippen LogP contribution in [-0.2, 0) is 31.6 Å². The van der Waals surface area contributed by atoms with Crippen molar-refractivity contribution in [3.63, 3.8) is 0 Å². The zero-order valence-electron chi connectivity index (χ0n) is 30.3. The molecule has 13 nitrogen and oxygen atoms in total. The number of unbranched alkanes of at least 4 members (excludes halogenated alkanes) is 1. The van der Waals surface area contributed by atoms with E-state index in [2.05, 4.69) is 29.8 Å². The number of rotatable bonds is 13. The standard InChI is InChI=1S/C36H56N6O7S/c1-7-8-14-23(29(43)30(37)44)38-31(45)28-26-22(35(26,5)6)17-42(28)32(46)27(20-12-10-9-11-13-20)40-33(47)39-25(34(2,3)4)19-41-18-24-21(15-16-50-24)36(41,48)49/h15-16,20,22-23,25-28,48-49H,7-14,17-19H2,1-6H3,(H2,37,44)(H,38,45)(H2,39,40,47)/t22-,23?,25+,26-,27-,28-/m0/s1. The van der Waals surface area contributed by atoms with Crippen LogP contribution in [0.2, 0.25) is 0 Å². The van der Waals surface area contributed by atoms with Gasteiger partial charge in [-0.25, -0.2) is 9.69 Å². The van der Waals surface area contributed by atoms with Gasteiger partial charge in [0.1, 0.15) is 12.1 Å². The first-order valence-electron chi connectivity index (χ1n) is 18.2. The molecular weight excluding hydrogens is 660 g/mol. The van der Waals surface area contributed by atoms with E-state index in [0.29, 0.717) is 25.1 Å². The lowest BCUT2D eigenvalue weighted by Crippen LogP contribution is -2.62. The molecule has 6 atom stereocenters. The molecule has 1 unspecified atom stereocenters. The third-order valence-electron chi connectivity index (χ3n) is 11.8. The van der Waals surface area contributed by atoms with Gasteiger partial charge in [0.15, 0.2) is 0 Å². The number of ketones is 1. The second kappa shape index (κ2) is 14.5. The summed E-state index contributed by atoms with van der Waals surface area (Å²) >= 11 is 1.45. The number of thiophene rings is 1. The average Bonchev–Trinajstić information content (AvgIpc) is 3.50. The maximum absolute atomic E-state index is 14.6. The van der Waals surface area contributed by atoms with Gasteiger partial charge in [-0.3, -0.25) is 19.2 Å². The predicted molar refractivity (Wildman–Crippen MR) is 188 cm³/mol. The summed E-state index contributed by atoms with van der Waals surface area (Å²) in [7, 11) is 0. The number of hydrogen-bond donors (Lipinski definition) is 6. The molecule has 3 fully saturated rings. The van der Waals surface area contributed by atoms with Crippen LogP contribution in [0.25, 0.3) is 0 Å². The molecule has 2 saturated carbocycles. The monoisotopic (exact) mass is 716 g/mol. The van der Waals surface area contributed by atoms with E-state index in [1.165, 1.54) is 16.2 Å². The van der Waals surface area contributed by atoms with Crippen molar-refractivity contribution in [1.29, 1.82) is 0 Å². The number of hydrogen-bond acceptors (Lipinski definition) is 9. The summed E-state index contributed by atoms with van der Waals surface area (Å²) in [5, 5.41) is 32.6. The van der Waals surface area contributed by atoms with Gasteiger partial charge < -0.3 is 36.8 Å². The van der Waals surface area contributed by atoms with Gasteiger partial charge in [-0.15, -0.1) is 11.3 Å². The highest BCUT2D eigenvalue weighted by molar-refractivity contribution is 7.10. The highest BCUT2D eigenvalue weighted by Gasteiger charge is 2.69. The Morgan fingerprint density at radius 3 is 2.34 bits per heavy atom. The molecule has 1 aromatic rings. The Bertz CT molecular complexity index is 1460. The number of carbonyl (C=O) groups excluding carboxylic acids is 5. The Balaban J connectivity index is 1.35. The minimum Gasteiger partial charge on any atom is -0.363 e. The van der Waals surface area contributed by atoms with Crippen molar-refractivity contribution in [2.45, 2.75) is 130 Å². The highest BCUT2D eigenvalue weighted by atomic mass is 32.1. The number of urea groups is 1. The van der Waals surface area contributed by atoms with Crippen molar-refractivity contribution in [2.75, 3.05) is 13.1 Å². The largest absolute Gasteiger partial charge is 0.363 e. The molecule has 5 rings (SSSR count). The fourth-order valence-electron chi connectivity index (χ4n) is 8.45. The Morgan fingerprint density at radius 2 is 1.74 bits per heavy atom. The van der Waals surface area contributed by atoms with Crippen molar-refractivity contribution in [3.8, 4) is 0 Å². The number of aliphatic hydroxyl groups is 2. The number of carbonyl (C=O) groups is 5. The molecule has 2 aliphatic heterocycles. The molecule has 0 radical (unpaired) electrons. The summed E-state index contributed by atoms with van der Waals surface area (Å²) < 4.78 is 0. The molecule has 0 bridgehead atoms. The number of Topliss-reactive ketones (excluding diaryl/α,β-unsaturated/α-hetero) is 1. The fourth-order valence-corrected chi connectivity index (χ4v) is 9.38. The minimum atomic E-state index is -2.16. The molecule has 3 heterocycles. The van der Waals surface area contributed by atoms with E-state index in [1.807, 2.05) is 33.1 Å². The van der Waals surface area contributed by atoms with Crippen molar-refractivity contribution in [2.24, 2.45) is 34.3 Å². The summed E-state index contributed by atoms with van der Waals surface area (Å²) in [6, 6.07) is -2.17. The van der Waals surface area contributed by atoms with Gasteiger partial charge >= 0.3 is 6.03 Å². The zero-order valence-corrected chi connectivity index (χ0v) is 31.1. The first-order valence-corrected chi connectivity index (χ1v) is 19.1. The Labute approximate surface area is 299 Å². The van der Waals surface area contributed by atoms with Crippen LogP contribution in [0.5, 0.6) is 0 Å². The summed E-state index contributed by atoms with van der Waals surface area (Å²) in [5.41, 5.74) is 5.10. The van der Waals surface area contributed by atoms with Crippen molar-refractivity contribution < 1.29 is 34.2 Å². The topological polar surface area (TPSA) is 194 Å². The molecule has 4 aliphatic rings. The number of primary amides is 1. The van der Waals surface area contributed by atoms with Gasteiger partial charge in [-0.1, -0.05) is 73.6 Å². The van der Waals surface area contributed by atoms with Gasteiger partial charge in [-0.2, -0.15) is 0 Å². The Kier molecular flexibility index (Phi) is 11.1. The molecule has 1 saturated heterocycles. The molecule has 2 aliphatic carbocycles. The van der Waals surface area contributed by atoms with E-state index < -0.39 is 59.1 Å². The maximum atomic E-state index is 14.6. The third-order valence-corrected chi connectivity index (χ3v) is 12.7. The maximum Gasteiger partial charge on any atom is 0.315 e. The molecule has 1 aromatic heterocycles. The van der Waals surface area contributed by atoms with Crippen LogP contribution in [0.3, 0.4) is 0 Å². The minimum absolute atomic E-state index is 0.0789. The molecular formula is C36H56N6O7S. The average molecular weight is 717 g/mol. The molecule has 0 aromatic carbocycles. The number of nitrogens with two attached hydrogens (primary N) is 1. The van der Waals surface area contributed by atoms with E-state index >= 15 is 0 Å². The van der Waals surface area contributed by atoms with E-state index in [1.54, 1.807) is 11.0 Å². The second-order valence-corrected chi connectivity index (χ2v) is 17.5. The van der Waals surface area contributed by atoms with Crippen LogP contribution in [0.1, 0.15) is 103 Å². The van der Waals surface area contributed by atoms with E-state index in [4.69, 9.17) is 5.73 Å². The molecule has 278 valence electrons. The van der Waals surface area contributed by atoms with Gasteiger partial charge in [0.2, 0.25) is 17.6 Å². The van der Waals surface area contributed by atoms with Crippen LogP contribution >= 0.6 is 11.3 Å². The first kappa shape index (κ1) is 38.2. The van der Waals surface area contributed by atoms with Crippen molar-refractivity contribution in [3.05, 3.63) is 21.9 Å². The predicted octanol–water partition coefficient (Wildman–Crippen LogP) is 2.53. The molecule has 50 heavy (non-hydrogen) atoms. The lowest BCUT2D eigenvalue weighted by atomic mass is 9.83. The van der Waals surface area contributed by atoms with Gasteiger partial charge in [-0.05, 0) is 59.3 Å². The van der Waals surface area contributed by atoms with Gasteiger partial charge in [0.05, 0.1) is 6.04 Å². The number of piperidine rings is 1. The third kappa shape index (κ3) is 7.58. The quantitative estimate of drug-likeness (QED) is 0.132. The molecule has 5 amide bonds. The lowest BCUT2D eigenvalue weighted by Gasteiger charge is -2.39. The van der Waals surface area contributed by atoms with Crippen LogP contribution in [0, 0.1) is 28.6 Å². The first-order chi connectivity index (χ1) is 23.4. The Hall–Kier alpha value is -3.07. The number of nitrogens with one attached hydrogen (secondary N) is 3. The number of nitrogens with zero attached hydrogens (tertiary/aromatic N) is 2. The van der Waals surface area contributed by atoms with Crippen LogP contribution in [0.15, 0.2) is 11.4 Å². The van der Waals surface area contributed by atoms with E-state index in [0.717, 1.165) is 43.4 Å². The van der Waals surface area contributed by atoms with Crippen molar-refractivity contribution in [1.82, 2.24) is 25.8 Å². The van der Waals surface area contributed by atoms with Crippen LogP contribution in [0.4, 0.5) is 4.79 Å².